The number of carbonyl (C=O) groups is 1. The minimum absolute atomic E-state index is 0.0917. The van der Waals surface area contributed by atoms with Crippen LogP contribution in [0.25, 0.3) is 0 Å². The molecule has 0 aliphatic carbocycles. The second-order valence-electron chi connectivity index (χ2n) is 10.4. The molecule has 3 atom stereocenters. The number of carboxylic acids is 1. The maximum absolute atomic E-state index is 14.0. The van der Waals surface area contributed by atoms with E-state index in [0.29, 0.717) is 35.3 Å². The normalized spacial score (nSPS) is 20.7. The average Bonchev–Trinajstić information content (AvgIpc) is 3.07. The topological polar surface area (TPSA) is 96.2 Å². The second kappa shape index (κ2) is 13.9. The van der Waals surface area contributed by atoms with Crippen molar-refractivity contribution in [3.05, 3.63) is 95.3 Å². The van der Waals surface area contributed by atoms with Crippen molar-refractivity contribution in [1.82, 2.24) is 0 Å². The Kier molecular flexibility index (Phi) is 10.6. The number of unbranched alkanes of at least 4 members (excludes halogenated alkanes) is 1. The van der Waals surface area contributed by atoms with Crippen LogP contribution in [0.1, 0.15) is 55.2 Å². The molecule has 1 aliphatic rings. The van der Waals surface area contributed by atoms with E-state index < -0.39 is 27.6 Å². The van der Waals surface area contributed by atoms with Gasteiger partial charge in [0.1, 0.15) is 23.6 Å². The Balaban J connectivity index is 1.91. The number of hydrogen-bond donors (Lipinski definition) is 3. The molecule has 3 unspecified atom stereocenters. The molecule has 0 spiro atoms. The number of thioether (sulfide) groups is 1. The summed E-state index contributed by atoms with van der Waals surface area (Å²) in [6.07, 6.45) is 5.91. The molecule has 226 valence electrons. The molecule has 3 aromatic rings. The summed E-state index contributed by atoms with van der Waals surface area (Å²) in [6.45, 7) is 2.09. The fraction of sp³-hybridized carbons (Fsp3) is 0.344. The van der Waals surface area contributed by atoms with Gasteiger partial charge < -0.3 is 14.6 Å². The SMILES string of the molecule is CCCCC1CC(c2ccc(F)cc2)c2cc(SC)c(O/C=C(\F)C(=O)O)cc2S(O)(O)C1Cc1ccc(OC)cc1. The maximum atomic E-state index is 14.0. The van der Waals surface area contributed by atoms with Crippen LogP contribution in [0.3, 0.4) is 0 Å². The van der Waals surface area contributed by atoms with Crippen molar-refractivity contribution in [2.45, 2.75) is 60.0 Å². The number of methoxy groups -OCH3 is 1. The minimum atomic E-state index is -3.49. The molecule has 0 fully saturated rings. The van der Waals surface area contributed by atoms with Gasteiger partial charge in [-0.2, -0.15) is 15.0 Å². The Labute approximate surface area is 251 Å². The number of benzene rings is 3. The quantitative estimate of drug-likeness (QED) is 0.112. The lowest BCUT2D eigenvalue weighted by Gasteiger charge is -2.43. The molecule has 0 saturated carbocycles. The van der Waals surface area contributed by atoms with Gasteiger partial charge in [-0.3, -0.25) is 9.11 Å². The van der Waals surface area contributed by atoms with Gasteiger partial charge in [0.05, 0.1) is 22.2 Å². The van der Waals surface area contributed by atoms with Crippen LogP contribution in [0.2, 0.25) is 0 Å². The van der Waals surface area contributed by atoms with Crippen molar-refractivity contribution < 1.29 is 37.3 Å². The molecule has 0 radical (unpaired) electrons. The molecule has 1 heterocycles. The Bertz CT molecular complexity index is 1410. The summed E-state index contributed by atoms with van der Waals surface area (Å²) in [5.74, 6) is -3.17. The van der Waals surface area contributed by atoms with Crippen LogP contribution in [-0.2, 0) is 11.2 Å². The molecule has 42 heavy (non-hydrogen) atoms. The molecular formula is C32H36F2O6S2. The van der Waals surface area contributed by atoms with E-state index in [9.17, 15) is 22.7 Å². The van der Waals surface area contributed by atoms with Crippen molar-refractivity contribution in [2.75, 3.05) is 13.4 Å². The predicted molar refractivity (Wildman–Crippen MR) is 163 cm³/mol. The number of fused-ring (bicyclic) bond motifs is 1. The lowest BCUT2D eigenvalue weighted by Crippen LogP contribution is -2.29. The third-order valence-corrected chi connectivity index (χ3v) is 10.9. The summed E-state index contributed by atoms with van der Waals surface area (Å²) in [4.78, 5) is 11.9. The third-order valence-electron chi connectivity index (χ3n) is 7.77. The van der Waals surface area contributed by atoms with Crippen LogP contribution in [0.5, 0.6) is 11.5 Å². The summed E-state index contributed by atoms with van der Waals surface area (Å²) in [7, 11) is -1.90. The van der Waals surface area contributed by atoms with Crippen LogP contribution in [0.15, 0.2) is 82.5 Å². The van der Waals surface area contributed by atoms with Gasteiger partial charge in [0.15, 0.2) is 0 Å². The first kappa shape index (κ1) is 31.9. The number of aliphatic carboxylic acids is 1. The van der Waals surface area contributed by atoms with E-state index >= 15 is 0 Å². The number of carboxylic acid groups (broad SMARTS) is 1. The number of ether oxygens (including phenoxy) is 2. The van der Waals surface area contributed by atoms with Crippen molar-refractivity contribution in [1.29, 1.82) is 0 Å². The van der Waals surface area contributed by atoms with E-state index in [2.05, 4.69) is 6.92 Å². The van der Waals surface area contributed by atoms with Gasteiger partial charge in [0.2, 0.25) is 5.83 Å². The van der Waals surface area contributed by atoms with E-state index in [-0.39, 0.29) is 28.3 Å². The van der Waals surface area contributed by atoms with Gasteiger partial charge >= 0.3 is 5.97 Å². The van der Waals surface area contributed by atoms with Gasteiger partial charge in [-0.15, -0.1) is 11.8 Å². The van der Waals surface area contributed by atoms with Gasteiger partial charge in [-0.25, -0.2) is 9.18 Å². The molecule has 0 bridgehead atoms. The number of halogens is 2. The highest BCUT2D eigenvalue weighted by atomic mass is 32.3. The molecule has 1 aliphatic heterocycles. The lowest BCUT2D eigenvalue weighted by atomic mass is 9.80. The van der Waals surface area contributed by atoms with Gasteiger partial charge in [-0.1, -0.05) is 44.0 Å². The van der Waals surface area contributed by atoms with Crippen LogP contribution in [0.4, 0.5) is 8.78 Å². The summed E-state index contributed by atoms with van der Waals surface area (Å²) >= 11 is 1.31. The third kappa shape index (κ3) is 7.11. The van der Waals surface area contributed by atoms with E-state index in [1.807, 2.05) is 24.3 Å². The summed E-state index contributed by atoms with van der Waals surface area (Å²) in [5, 5.41) is 8.39. The molecule has 3 N–H and O–H groups in total. The van der Waals surface area contributed by atoms with Crippen LogP contribution in [-0.4, -0.2) is 38.8 Å². The van der Waals surface area contributed by atoms with Crippen molar-refractivity contribution in [2.24, 2.45) is 5.92 Å². The van der Waals surface area contributed by atoms with Crippen LogP contribution in [0, 0.1) is 11.7 Å². The molecule has 6 nitrogen and oxygen atoms in total. The Morgan fingerprint density at radius 3 is 2.40 bits per heavy atom. The molecule has 3 aromatic carbocycles. The van der Waals surface area contributed by atoms with E-state index in [1.165, 1.54) is 30.0 Å². The summed E-state index contributed by atoms with van der Waals surface area (Å²) < 4.78 is 62.9. The Morgan fingerprint density at radius 2 is 1.81 bits per heavy atom. The average molecular weight is 619 g/mol. The predicted octanol–water partition coefficient (Wildman–Crippen LogP) is 8.89. The zero-order chi connectivity index (χ0) is 30.4. The highest BCUT2D eigenvalue weighted by Gasteiger charge is 2.42. The highest BCUT2D eigenvalue weighted by Crippen LogP contribution is 2.64. The van der Waals surface area contributed by atoms with Gasteiger partial charge in [0.25, 0.3) is 0 Å². The molecule has 0 amide bonds. The molecule has 4 rings (SSSR count). The van der Waals surface area contributed by atoms with Crippen molar-refractivity contribution >= 4 is 28.3 Å². The first-order valence-corrected chi connectivity index (χ1v) is 16.6. The molecule has 10 heteroatoms. The standard InChI is InChI=1S/C32H36F2O6S2/c1-4-5-6-22-16-25(21-9-11-23(33)12-10-21)26-17-29(41-3)28(40-19-27(34)32(35)36)18-31(26)42(37,38)30(22)15-20-7-13-24(39-2)14-8-20/h7-14,17-19,22,25,30,37-38H,4-6,15-16H2,1-3H3,(H,35,36)/b27-19-. The van der Waals surface area contributed by atoms with Crippen molar-refractivity contribution in [3.8, 4) is 11.5 Å². The molecular weight excluding hydrogens is 582 g/mol. The fourth-order valence-corrected chi connectivity index (χ4v) is 8.49. The first-order chi connectivity index (χ1) is 20.1. The summed E-state index contributed by atoms with van der Waals surface area (Å²) in [5.41, 5.74) is 2.45. The first-order valence-electron chi connectivity index (χ1n) is 13.7. The highest BCUT2D eigenvalue weighted by molar-refractivity contribution is 8.25. The fourth-order valence-electron chi connectivity index (χ4n) is 5.58. The van der Waals surface area contributed by atoms with E-state index in [1.54, 1.807) is 31.6 Å². The zero-order valence-corrected chi connectivity index (χ0v) is 25.4. The number of rotatable bonds is 11. The lowest BCUT2D eigenvalue weighted by molar-refractivity contribution is -0.134. The Hall–Kier alpha value is -3.05. The van der Waals surface area contributed by atoms with Gasteiger partial charge in [0, 0.05) is 12.0 Å². The maximum Gasteiger partial charge on any atom is 0.368 e. The Morgan fingerprint density at radius 1 is 1.12 bits per heavy atom. The summed E-state index contributed by atoms with van der Waals surface area (Å²) in [6, 6.07) is 17.1. The van der Waals surface area contributed by atoms with Crippen LogP contribution < -0.4 is 9.47 Å². The largest absolute Gasteiger partial charge is 0.497 e. The molecule has 0 saturated heterocycles. The minimum Gasteiger partial charge on any atom is -0.497 e. The smallest absolute Gasteiger partial charge is 0.368 e. The van der Waals surface area contributed by atoms with Crippen LogP contribution >= 0.6 is 22.4 Å². The zero-order valence-electron chi connectivity index (χ0n) is 23.8. The molecule has 0 aromatic heterocycles. The second-order valence-corrected chi connectivity index (χ2v) is 13.4. The van der Waals surface area contributed by atoms with E-state index in [0.717, 1.165) is 30.4 Å². The van der Waals surface area contributed by atoms with Crippen molar-refractivity contribution in [3.63, 3.8) is 0 Å². The van der Waals surface area contributed by atoms with E-state index in [4.69, 9.17) is 14.6 Å². The monoisotopic (exact) mass is 618 g/mol. The number of hydrogen-bond acceptors (Lipinski definition) is 6. The van der Waals surface area contributed by atoms with Gasteiger partial charge in [-0.05, 0) is 78.5 Å².